The van der Waals surface area contributed by atoms with E-state index in [4.69, 9.17) is 0 Å². The minimum Gasteiger partial charge on any atom is -0.293 e. The van der Waals surface area contributed by atoms with Crippen LogP contribution in [0.25, 0.3) is 0 Å². The third-order valence-corrected chi connectivity index (χ3v) is 3.16. The van der Waals surface area contributed by atoms with Crippen molar-refractivity contribution in [2.75, 3.05) is 0 Å². The molecule has 3 heteroatoms. The number of rotatable bonds is 3. The summed E-state index contributed by atoms with van der Waals surface area (Å²) in [5, 5.41) is 0. The van der Waals surface area contributed by atoms with Crippen LogP contribution in [-0.4, -0.2) is 10.8 Å². The van der Waals surface area contributed by atoms with Crippen LogP contribution >= 0.6 is 11.3 Å². The summed E-state index contributed by atoms with van der Waals surface area (Å²) >= 11 is 1.49. The van der Waals surface area contributed by atoms with E-state index in [1.807, 2.05) is 13.8 Å². The minimum absolute atomic E-state index is 0.0953. The zero-order chi connectivity index (χ0) is 9.42. The Bertz CT molecular complexity index is 325. The molecule has 2 nitrogen and oxygen atoms in total. The SMILES string of the molecule is CC(C)C(=O)c1scnc1C1CC1. The first-order valence-corrected chi connectivity index (χ1v) is 5.55. The minimum atomic E-state index is 0.0953. The van der Waals surface area contributed by atoms with Crippen molar-refractivity contribution >= 4 is 17.1 Å². The Morgan fingerprint density at radius 1 is 1.62 bits per heavy atom. The lowest BCUT2D eigenvalue weighted by Gasteiger charge is -2.02. The smallest absolute Gasteiger partial charge is 0.177 e. The van der Waals surface area contributed by atoms with Gasteiger partial charge in [0, 0.05) is 11.8 Å². The number of Topliss-reactive ketones (excluding diaryl/α,β-unsaturated/α-hetero) is 1. The van der Waals surface area contributed by atoms with Gasteiger partial charge in [0.15, 0.2) is 5.78 Å². The zero-order valence-corrected chi connectivity index (χ0v) is 8.73. The van der Waals surface area contributed by atoms with Crippen LogP contribution in [0.3, 0.4) is 0 Å². The Balaban J connectivity index is 2.28. The first-order chi connectivity index (χ1) is 6.20. The summed E-state index contributed by atoms with van der Waals surface area (Å²) in [6.07, 6.45) is 2.42. The lowest BCUT2D eigenvalue weighted by molar-refractivity contribution is 0.0942. The summed E-state index contributed by atoms with van der Waals surface area (Å²) in [5.41, 5.74) is 2.85. The van der Waals surface area contributed by atoms with Crippen molar-refractivity contribution in [3.63, 3.8) is 0 Å². The summed E-state index contributed by atoms with van der Waals surface area (Å²) in [6.45, 7) is 3.89. The quantitative estimate of drug-likeness (QED) is 0.694. The van der Waals surface area contributed by atoms with Gasteiger partial charge in [-0.15, -0.1) is 11.3 Å². The van der Waals surface area contributed by atoms with Gasteiger partial charge in [-0.2, -0.15) is 0 Å². The van der Waals surface area contributed by atoms with E-state index >= 15 is 0 Å². The van der Waals surface area contributed by atoms with Gasteiger partial charge >= 0.3 is 0 Å². The third-order valence-electron chi connectivity index (χ3n) is 2.31. The lowest BCUT2D eigenvalue weighted by atomic mass is 10.1. The number of hydrogen-bond donors (Lipinski definition) is 0. The number of carbonyl (C=O) groups is 1. The second-order valence-corrected chi connectivity index (χ2v) is 4.71. The first kappa shape index (κ1) is 8.88. The standard InChI is InChI=1S/C10H13NOS/c1-6(2)9(12)10-8(7-3-4-7)11-5-13-10/h5-7H,3-4H2,1-2H3. The van der Waals surface area contributed by atoms with E-state index in [1.54, 1.807) is 5.51 Å². The van der Waals surface area contributed by atoms with E-state index in [2.05, 4.69) is 4.98 Å². The van der Waals surface area contributed by atoms with E-state index < -0.39 is 0 Å². The largest absolute Gasteiger partial charge is 0.293 e. The molecule has 0 saturated heterocycles. The molecule has 0 unspecified atom stereocenters. The van der Waals surface area contributed by atoms with Gasteiger partial charge in [-0.25, -0.2) is 4.98 Å². The highest BCUT2D eigenvalue weighted by atomic mass is 32.1. The van der Waals surface area contributed by atoms with Crippen molar-refractivity contribution in [3.8, 4) is 0 Å². The predicted molar refractivity (Wildman–Crippen MR) is 53.3 cm³/mol. The number of hydrogen-bond acceptors (Lipinski definition) is 3. The molecular weight excluding hydrogens is 182 g/mol. The number of thiazole rings is 1. The summed E-state index contributed by atoms with van der Waals surface area (Å²) in [6, 6.07) is 0. The number of ketones is 1. The summed E-state index contributed by atoms with van der Waals surface area (Å²) < 4.78 is 0. The van der Waals surface area contributed by atoms with Crippen molar-refractivity contribution < 1.29 is 4.79 Å². The highest BCUT2D eigenvalue weighted by Crippen LogP contribution is 2.42. The molecule has 70 valence electrons. The summed E-state index contributed by atoms with van der Waals surface area (Å²) in [7, 11) is 0. The molecule has 0 aliphatic heterocycles. The zero-order valence-electron chi connectivity index (χ0n) is 7.91. The van der Waals surface area contributed by atoms with Crippen LogP contribution in [0.1, 0.15) is 48.0 Å². The monoisotopic (exact) mass is 195 g/mol. The fraction of sp³-hybridized carbons (Fsp3) is 0.600. The second-order valence-electron chi connectivity index (χ2n) is 3.86. The van der Waals surface area contributed by atoms with Gasteiger partial charge in [-0.3, -0.25) is 4.79 Å². The van der Waals surface area contributed by atoms with Crippen LogP contribution < -0.4 is 0 Å². The number of aromatic nitrogens is 1. The molecule has 1 heterocycles. The van der Waals surface area contributed by atoms with Gasteiger partial charge in [-0.1, -0.05) is 13.8 Å². The molecule has 2 rings (SSSR count). The van der Waals surface area contributed by atoms with E-state index in [9.17, 15) is 4.79 Å². The predicted octanol–water partition coefficient (Wildman–Crippen LogP) is 2.86. The Kier molecular flexibility index (Phi) is 2.20. The molecule has 0 N–H and O–H groups in total. The van der Waals surface area contributed by atoms with Crippen molar-refractivity contribution in [2.24, 2.45) is 5.92 Å². The van der Waals surface area contributed by atoms with E-state index in [1.165, 1.54) is 24.2 Å². The normalized spacial score (nSPS) is 16.5. The second kappa shape index (κ2) is 3.22. The molecule has 0 amide bonds. The Hall–Kier alpha value is -0.700. The molecule has 1 aliphatic rings. The molecule has 1 aromatic heterocycles. The van der Waals surface area contributed by atoms with E-state index in [0.29, 0.717) is 5.92 Å². The highest BCUT2D eigenvalue weighted by Gasteiger charge is 2.30. The maximum absolute atomic E-state index is 11.7. The first-order valence-electron chi connectivity index (χ1n) is 4.67. The Morgan fingerprint density at radius 2 is 2.31 bits per heavy atom. The van der Waals surface area contributed by atoms with Crippen molar-refractivity contribution in [2.45, 2.75) is 32.6 Å². The van der Waals surface area contributed by atoms with Crippen LogP contribution in [0.2, 0.25) is 0 Å². The average Bonchev–Trinajstić information content (AvgIpc) is 2.83. The molecule has 0 atom stereocenters. The molecule has 13 heavy (non-hydrogen) atoms. The Morgan fingerprint density at radius 3 is 2.85 bits per heavy atom. The fourth-order valence-electron chi connectivity index (χ4n) is 1.35. The Labute approximate surface area is 82.0 Å². The molecule has 1 aliphatic carbocycles. The average molecular weight is 195 g/mol. The number of nitrogens with zero attached hydrogens (tertiary/aromatic N) is 1. The van der Waals surface area contributed by atoms with E-state index in [-0.39, 0.29) is 11.7 Å². The lowest BCUT2D eigenvalue weighted by Crippen LogP contribution is -2.07. The van der Waals surface area contributed by atoms with Crippen molar-refractivity contribution in [3.05, 3.63) is 16.1 Å². The molecule has 1 aromatic rings. The van der Waals surface area contributed by atoms with Crippen LogP contribution in [0.5, 0.6) is 0 Å². The van der Waals surface area contributed by atoms with Crippen molar-refractivity contribution in [1.29, 1.82) is 0 Å². The highest BCUT2D eigenvalue weighted by molar-refractivity contribution is 7.12. The van der Waals surface area contributed by atoms with Crippen molar-refractivity contribution in [1.82, 2.24) is 4.98 Å². The molecule has 0 aromatic carbocycles. The third kappa shape index (κ3) is 1.66. The van der Waals surface area contributed by atoms with Gasteiger partial charge in [0.25, 0.3) is 0 Å². The summed E-state index contributed by atoms with van der Waals surface area (Å²) in [5.74, 6) is 0.936. The number of carbonyl (C=O) groups excluding carboxylic acids is 1. The van der Waals surface area contributed by atoms with Crippen LogP contribution in [0.15, 0.2) is 5.51 Å². The maximum Gasteiger partial charge on any atom is 0.177 e. The van der Waals surface area contributed by atoms with Crippen LogP contribution in [0, 0.1) is 5.92 Å². The van der Waals surface area contributed by atoms with Gasteiger partial charge in [0.1, 0.15) is 0 Å². The van der Waals surface area contributed by atoms with Crippen LogP contribution in [-0.2, 0) is 0 Å². The van der Waals surface area contributed by atoms with Gasteiger partial charge in [0.05, 0.1) is 16.1 Å². The molecular formula is C10H13NOS. The summed E-state index contributed by atoms with van der Waals surface area (Å²) in [4.78, 5) is 16.9. The maximum atomic E-state index is 11.7. The molecule has 0 bridgehead atoms. The molecule has 0 spiro atoms. The molecule has 0 radical (unpaired) electrons. The van der Waals surface area contributed by atoms with Gasteiger partial charge in [-0.05, 0) is 12.8 Å². The van der Waals surface area contributed by atoms with Gasteiger partial charge < -0.3 is 0 Å². The van der Waals surface area contributed by atoms with E-state index in [0.717, 1.165) is 10.6 Å². The topological polar surface area (TPSA) is 30.0 Å². The van der Waals surface area contributed by atoms with Crippen LogP contribution in [0.4, 0.5) is 0 Å². The van der Waals surface area contributed by atoms with Gasteiger partial charge in [0.2, 0.25) is 0 Å². The fourth-order valence-corrected chi connectivity index (χ4v) is 2.31. The molecule has 1 saturated carbocycles. The molecule has 1 fully saturated rings.